The van der Waals surface area contributed by atoms with Crippen molar-refractivity contribution in [2.24, 2.45) is 0 Å². The molecule has 2 heterocycles. The van der Waals surface area contributed by atoms with Gasteiger partial charge in [-0.05, 0) is 43.7 Å². The summed E-state index contributed by atoms with van der Waals surface area (Å²) in [4.78, 5) is 21.3. The van der Waals surface area contributed by atoms with E-state index >= 15 is 0 Å². The van der Waals surface area contributed by atoms with Gasteiger partial charge in [-0.25, -0.2) is 14.6 Å². The number of rotatable bonds is 10. The lowest BCUT2D eigenvalue weighted by molar-refractivity contribution is -0.123. The van der Waals surface area contributed by atoms with Gasteiger partial charge in [0, 0.05) is 12.6 Å². The van der Waals surface area contributed by atoms with E-state index in [9.17, 15) is 4.79 Å². The first-order chi connectivity index (χ1) is 14.9. The molecular formula is C22H30N6O2S. The zero-order valence-corrected chi connectivity index (χ0v) is 19.5. The van der Waals surface area contributed by atoms with E-state index in [1.165, 1.54) is 17.3 Å². The van der Waals surface area contributed by atoms with Crippen LogP contribution in [0.5, 0.6) is 5.75 Å². The summed E-state index contributed by atoms with van der Waals surface area (Å²) in [5.74, 6) is 1.75. The van der Waals surface area contributed by atoms with Crippen molar-refractivity contribution in [2.75, 3.05) is 24.7 Å². The van der Waals surface area contributed by atoms with Crippen LogP contribution < -0.4 is 15.4 Å². The van der Waals surface area contributed by atoms with Gasteiger partial charge in [-0.2, -0.15) is 5.10 Å². The molecular weight excluding hydrogens is 412 g/mol. The summed E-state index contributed by atoms with van der Waals surface area (Å²) in [6, 6.07) is 8.08. The van der Waals surface area contributed by atoms with E-state index in [2.05, 4.69) is 53.4 Å². The molecule has 0 aliphatic carbocycles. The van der Waals surface area contributed by atoms with Crippen molar-refractivity contribution in [3.8, 4) is 5.75 Å². The van der Waals surface area contributed by atoms with Gasteiger partial charge in [0.1, 0.15) is 11.6 Å². The van der Waals surface area contributed by atoms with Crippen molar-refractivity contribution in [3.63, 3.8) is 0 Å². The van der Waals surface area contributed by atoms with E-state index in [0.717, 1.165) is 16.9 Å². The smallest absolute Gasteiger partial charge is 0.258 e. The number of carbonyl (C=O) groups is 1. The summed E-state index contributed by atoms with van der Waals surface area (Å²) in [5.41, 5.74) is 1.99. The fourth-order valence-corrected chi connectivity index (χ4v) is 3.38. The number of anilines is 1. The van der Waals surface area contributed by atoms with Crippen LogP contribution in [-0.4, -0.2) is 51.1 Å². The molecule has 1 aromatic carbocycles. The number of aromatic nitrogens is 4. The van der Waals surface area contributed by atoms with Crippen molar-refractivity contribution >= 4 is 34.5 Å². The summed E-state index contributed by atoms with van der Waals surface area (Å²) >= 11 is 1.48. The molecule has 1 amide bonds. The maximum Gasteiger partial charge on any atom is 0.258 e. The average Bonchev–Trinajstić information content (AvgIpc) is 3.15. The van der Waals surface area contributed by atoms with Crippen LogP contribution in [0.2, 0.25) is 0 Å². The second-order valence-corrected chi connectivity index (χ2v) is 8.60. The number of thioether (sulfide) groups is 1. The van der Waals surface area contributed by atoms with Gasteiger partial charge in [0.2, 0.25) is 0 Å². The molecule has 166 valence electrons. The standard InChI is InChI=1S/C22H30N6O2S/c1-14(2)16-6-8-17(9-7-16)30-13-19(29)23-10-11-28-21-18(12-24-28)20(25-15(3)4)26-22(27-21)31-5/h6-9,12,14-15H,10-11,13H2,1-5H3,(H,23,29)(H,25,26,27). The lowest BCUT2D eigenvalue weighted by atomic mass is 10.0. The molecule has 0 fully saturated rings. The lowest BCUT2D eigenvalue weighted by Crippen LogP contribution is -2.31. The minimum Gasteiger partial charge on any atom is -0.484 e. The highest BCUT2D eigenvalue weighted by Gasteiger charge is 2.13. The summed E-state index contributed by atoms with van der Waals surface area (Å²) in [6.07, 6.45) is 3.70. The largest absolute Gasteiger partial charge is 0.484 e. The van der Waals surface area contributed by atoms with Crippen molar-refractivity contribution in [2.45, 2.75) is 51.4 Å². The second kappa shape index (κ2) is 10.5. The topological polar surface area (TPSA) is 94.0 Å². The van der Waals surface area contributed by atoms with E-state index < -0.39 is 0 Å². The van der Waals surface area contributed by atoms with E-state index in [0.29, 0.717) is 29.9 Å². The molecule has 0 spiro atoms. The van der Waals surface area contributed by atoms with Gasteiger partial charge in [-0.1, -0.05) is 37.7 Å². The fraction of sp³-hybridized carbons (Fsp3) is 0.455. The Morgan fingerprint density at radius 1 is 1.16 bits per heavy atom. The fourth-order valence-electron chi connectivity index (χ4n) is 3.02. The molecule has 3 aromatic rings. The van der Waals surface area contributed by atoms with Crippen LogP contribution >= 0.6 is 11.8 Å². The van der Waals surface area contributed by atoms with Crippen molar-refractivity contribution in [1.82, 2.24) is 25.1 Å². The Labute approximate surface area is 187 Å². The highest BCUT2D eigenvalue weighted by molar-refractivity contribution is 7.98. The van der Waals surface area contributed by atoms with Crippen LogP contribution in [0.25, 0.3) is 11.0 Å². The molecule has 8 nitrogen and oxygen atoms in total. The molecule has 31 heavy (non-hydrogen) atoms. The molecule has 0 radical (unpaired) electrons. The predicted molar refractivity (Wildman–Crippen MR) is 125 cm³/mol. The number of amides is 1. The Morgan fingerprint density at radius 3 is 2.55 bits per heavy atom. The Hall–Kier alpha value is -2.81. The van der Waals surface area contributed by atoms with Gasteiger partial charge in [0.05, 0.1) is 18.1 Å². The van der Waals surface area contributed by atoms with E-state index in [-0.39, 0.29) is 18.6 Å². The van der Waals surface area contributed by atoms with Gasteiger partial charge >= 0.3 is 0 Å². The maximum absolute atomic E-state index is 12.2. The predicted octanol–water partition coefficient (Wildman–Crippen LogP) is 3.69. The van der Waals surface area contributed by atoms with Crippen LogP contribution in [0.15, 0.2) is 35.6 Å². The molecule has 0 bridgehead atoms. The molecule has 0 aliphatic rings. The van der Waals surface area contributed by atoms with Crippen LogP contribution in [0.1, 0.15) is 39.2 Å². The normalized spacial score (nSPS) is 11.3. The highest BCUT2D eigenvalue weighted by Crippen LogP contribution is 2.24. The van der Waals surface area contributed by atoms with Gasteiger partial charge in [0.25, 0.3) is 5.91 Å². The van der Waals surface area contributed by atoms with Gasteiger partial charge < -0.3 is 15.4 Å². The summed E-state index contributed by atoms with van der Waals surface area (Å²) in [7, 11) is 0. The Morgan fingerprint density at radius 2 is 1.90 bits per heavy atom. The summed E-state index contributed by atoms with van der Waals surface area (Å²) in [6.45, 7) is 9.31. The number of hydrogen-bond donors (Lipinski definition) is 2. The number of carbonyl (C=O) groups excluding carboxylic acids is 1. The summed E-state index contributed by atoms with van der Waals surface area (Å²) < 4.78 is 7.36. The maximum atomic E-state index is 12.2. The first kappa shape index (κ1) is 22.9. The van der Waals surface area contributed by atoms with E-state index in [1.807, 2.05) is 30.5 Å². The number of ether oxygens (including phenoxy) is 1. The molecule has 2 N–H and O–H groups in total. The Kier molecular flexibility index (Phi) is 7.73. The molecule has 0 unspecified atom stereocenters. The van der Waals surface area contributed by atoms with Gasteiger partial charge in [-0.3, -0.25) is 4.79 Å². The zero-order valence-electron chi connectivity index (χ0n) is 18.7. The third-order valence-electron chi connectivity index (χ3n) is 4.65. The molecule has 9 heteroatoms. The molecule has 0 aliphatic heterocycles. The van der Waals surface area contributed by atoms with Crippen LogP contribution in [0.4, 0.5) is 5.82 Å². The second-order valence-electron chi connectivity index (χ2n) is 7.83. The molecule has 0 saturated carbocycles. The third kappa shape index (κ3) is 6.10. The van der Waals surface area contributed by atoms with Crippen molar-refractivity contribution in [3.05, 3.63) is 36.0 Å². The molecule has 0 atom stereocenters. The number of hydrogen-bond acceptors (Lipinski definition) is 7. The van der Waals surface area contributed by atoms with Crippen LogP contribution in [0.3, 0.4) is 0 Å². The summed E-state index contributed by atoms with van der Waals surface area (Å²) in [5, 5.41) is 12.2. The van der Waals surface area contributed by atoms with Gasteiger partial charge in [0.15, 0.2) is 17.4 Å². The first-order valence-corrected chi connectivity index (χ1v) is 11.6. The third-order valence-corrected chi connectivity index (χ3v) is 5.19. The minimum absolute atomic E-state index is 0.0257. The number of benzene rings is 1. The zero-order chi connectivity index (χ0) is 22.4. The van der Waals surface area contributed by atoms with Crippen LogP contribution in [0, 0.1) is 0 Å². The molecule has 3 rings (SSSR count). The van der Waals surface area contributed by atoms with E-state index in [1.54, 1.807) is 10.9 Å². The molecule has 0 saturated heterocycles. The van der Waals surface area contributed by atoms with E-state index in [4.69, 9.17) is 4.74 Å². The molecule has 2 aromatic heterocycles. The van der Waals surface area contributed by atoms with Crippen molar-refractivity contribution < 1.29 is 9.53 Å². The lowest BCUT2D eigenvalue weighted by Gasteiger charge is -2.11. The monoisotopic (exact) mass is 442 g/mol. The Balaban J connectivity index is 1.55. The minimum atomic E-state index is -0.175. The van der Waals surface area contributed by atoms with Crippen molar-refractivity contribution in [1.29, 1.82) is 0 Å². The number of nitrogens with zero attached hydrogens (tertiary/aromatic N) is 4. The average molecular weight is 443 g/mol. The van der Waals surface area contributed by atoms with Gasteiger partial charge in [-0.15, -0.1) is 0 Å². The number of nitrogens with one attached hydrogen (secondary N) is 2. The van der Waals surface area contributed by atoms with Crippen LogP contribution in [-0.2, 0) is 11.3 Å². The SMILES string of the molecule is CSc1nc(NC(C)C)c2cnn(CCNC(=O)COc3ccc(C(C)C)cc3)c2n1. The first-order valence-electron chi connectivity index (χ1n) is 10.4. The highest BCUT2D eigenvalue weighted by atomic mass is 32.2. The number of fused-ring (bicyclic) bond motifs is 1. The Bertz CT molecular complexity index is 1020. The quantitative estimate of drug-likeness (QED) is 0.365.